The van der Waals surface area contributed by atoms with Crippen LogP contribution in [0.5, 0.6) is 0 Å². The molecule has 0 bridgehead atoms. The molecule has 1 aromatic heterocycles. The van der Waals surface area contributed by atoms with Crippen molar-refractivity contribution >= 4 is 23.2 Å². The Morgan fingerprint density at radius 2 is 2.18 bits per heavy atom. The lowest BCUT2D eigenvalue weighted by Crippen LogP contribution is -2.00. The van der Waals surface area contributed by atoms with E-state index in [0.717, 1.165) is 24.2 Å². The molecule has 2 heterocycles. The fraction of sp³-hybridized carbons (Fsp3) is 0.286. The van der Waals surface area contributed by atoms with E-state index in [1.165, 1.54) is 0 Å². The van der Waals surface area contributed by atoms with Gasteiger partial charge in [0, 0.05) is 18.7 Å². The molecule has 4 heteroatoms. The third-order valence-electron chi connectivity index (χ3n) is 1.75. The minimum absolute atomic E-state index is 0.470. The van der Waals surface area contributed by atoms with Gasteiger partial charge in [-0.25, -0.2) is 4.98 Å². The van der Waals surface area contributed by atoms with Crippen molar-refractivity contribution < 1.29 is 0 Å². The molecular formula is C7H6Cl2N2. The molecule has 0 unspecified atom stereocenters. The van der Waals surface area contributed by atoms with Gasteiger partial charge in [0.2, 0.25) is 0 Å². The molecule has 1 aliphatic heterocycles. The van der Waals surface area contributed by atoms with Crippen LogP contribution in [0.3, 0.4) is 0 Å². The number of nitrogens with zero attached hydrogens (tertiary/aromatic N) is 1. The summed E-state index contributed by atoms with van der Waals surface area (Å²) in [4.78, 5) is 3.94. The summed E-state index contributed by atoms with van der Waals surface area (Å²) in [7, 11) is 0. The maximum atomic E-state index is 5.84. The Balaban J connectivity index is 2.60. The fourth-order valence-electron chi connectivity index (χ4n) is 1.22. The average Bonchev–Trinajstić information content (AvgIpc) is 2.34. The van der Waals surface area contributed by atoms with Crippen molar-refractivity contribution in [1.29, 1.82) is 0 Å². The standard InChI is InChI=1S/C7H6Cl2N2/c8-6-1-4-2-10-3-5(4)7(9)11-6/h1,10H,2-3H2. The van der Waals surface area contributed by atoms with Gasteiger partial charge in [0.15, 0.2) is 0 Å². The molecular weight excluding hydrogens is 183 g/mol. The van der Waals surface area contributed by atoms with Crippen molar-refractivity contribution in [3.8, 4) is 0 Å². The molecule has 0 atom stereocenters. The Morgan fingerprint density at radius 3 is 3.00 bits per heavy atom. The van der Waals surface area contributed by atoms with E-state index in [1.807, 2.05) is 6.07 Å². The predicted molar refractivity (Wildman–Crippen MR) is 44.8 cm³/mol. The summed E-state index contributed by atoms with van der Waals surface area (Å²) in [6.45, 7) is 1.65. The van der Waals surface area contributed by atoms with Crippen molar-refractivity contribution in [3.05, 3.63) is 27.5 Å². The zero-order valence-corrected chi connectivity index (χ0v) is 7.21. The van der Waals surface area contributed by atoms with Gasteiger partial charge in [-0.05, 0) is 11.6 Å². The second-order valence-corrected chi connectivity index (χ2v) is 3.22. The number of hydrogen-bond donors (Lipinski definition) is 1. The van der Waals surface area contributed by atoms with Crippen LogP contribution in [-0.2, 0) is 13.1 Å². The highest BCUT2D eigenvalue weighted by atomic mass is 35.5. The highest BCUT2D eigenvalue weighted by Gasteiger charge is 2.14. The molecule has 0 saturated heterocycles. The lowest BCUT2D eigenvalue weighted by atomic mass is 10.2. The lowest BCUT2D eigenvalue weighted by molar-refractivity contribution is 0.764. The van der Waals surface area contributed by atoms with Crippen LogP contribution in [0.4, 0.5) is 0 Å². The van der Waals surface area contributed by atoms with Crippen LogP contribution in [0.1, 0.15) is 11.1 Å². The van der Waals surface area contributed by atoms with Crippen LogP contribution in [0.15, 0.2) is 6.07 Å². The Kier molecular flexibility index (Phi) is 1.75. The summed E-state index contributed by atoms with van der Waals surface area (Å²) in [5.74, 6) is 0. The third-order valence-corrected chi connectivity index (χ3v) is 2.26. The summed E-state index contributed by atoms with van der Waals surface area (Å²) in [5.41, 5.74) is 2.24. The molecule has 58 valence electrons. The molecule has 2 rings (SSSR count). The number of halogens is 2. The zero-order chi connectivity index (χ0) is 7.84. The molecule has 0 fully saturated rings. The Hall–Kier alpha value is -0.310. The summed E-state index contributed by atoms with van der Waals surface area (Å²) < 4.78 is 0. The van der Waals surface area contributed by atoms with Crippen molar-refractivity contribution in [2.75, 3.05) is 0 Å². The van der Waals surface area contributed by atoms with E-state index in [0.29, 0.717) is 10.3 Å². The van der Waals surface area contributed by atoms with E-state index >= 15 is 0 Å². The van der Waals surface area contributed by atoms with Crippen LogP contribution in [0.25, 0.3) is 0 Å². The van der Waals surface area contributed by atoms with Crippen LogP contribution >= 0.6 is 23.2 Å². The first-order valence-corrected chi connectivity index (χ1v) is 4.07. The minimum Gasteiger partial charge on any atom is -0.308 e. The van der Waals surface area contributed by atoms with Crippen LogP contribution in [0, 0.1) is 0 Å². The maximum Gasteiger partial charge on any atom is 0.135 e. The largest absolute Gasteiger partial charge is 0.308 e. The first-order chi connectivity index (χ1) is 5.27. The molecule has 0 amide bonds. The summed E-state index contributed by atoms with van der Waals surface area (Å²) in [6.07, 6.45) is 0. The van der Waals surface area contributed by atoms with Gasteiger partial charge in [0.25, 0.3) is 0 Å². The van der Waals surface area contributed by atoms with Gasteiger partial charge < -0.3 is 5.32 Å². The van der Waals surface area contributed by atoms with E-state index in [9.17, 15) is 0 Å². The Bertz CT molecular complexity index is 299. The molecule has 1 N–H and O–H groups in total. The summed E-state index contributed by atoms with van der Waals surface area (Å²) >= 11 is 11.5. The van der Waals surface area contributed by atoms with Crippen LogP contribution < -0.4 is 5.32 Å². The molecule has 0 radical (unpaired) electrons. The van der Waals surface area contributed by atoms with Crippen LogP contribution in [-0.4, -0.2) is 4.98 Å². The lowest BCUT2D eigenvalue weighted by Gasteiger charge is -1.99. The first kappa shape index (κ1) is 7.35. The van der Waals surface area contributed by atoms with Gasteiger partial charge in [-0.3, -0.25) is 0 Å². The Labute approximate surface area is 74.5 Å². The quantitative estimate of drug-likeness (QED) is 0.631. The topological polar surface area (TPSA) is 24.9 Å². The van der Waals surface area contributed by atoms with Gasteiger partial charge in [0.1, 0.15) is 10.3 Å². The number of nitrogens with one attached hydrogen (secondary N) is 1. The number of fused-ring (bicyclic) bond motifs is 1. The Morgan fingerprint density at radius 1 is 1.36 bits per heavy atom. The second kappa shape index (κ2) is 2.63. The molecule has 0 aromatic carbocycles. The molecule has 2 nitrogen and oxygen atoms in total. The van der Waals surface area contributed by atoms with Gasteiger partial charge in [-0.1, -0.05) is 23.2 Å². The molecule has 0 aliphatic carbocycles. The number of pyridine rings is 1. The van der Waals surface area contributed by atoms with Gasteiger partial charge in [0.05, 0.1) is 0 Å². The van der Waals surface area contributed by atoms with Crippen molar-refractivity contribution in [2.45, 2.75) is 13.1 Å². The van der Waals surface area contributed by atoms with E-state index in [-0.39, 0.29) is 0 Å². The molecule has 1 aliphatic rings. The normalized spacial score (nSPS) is 15.1. The van der Waals surface area contributed by atoms with Gasteiger partial charge in [-0.15, -0.1) is 0 Å². The highest BCUT2D eigenvalue weighted by molar-refractivity contribution is 6.33. The third kappa shape index (κ3) is 1.22. The smallest absolute Gasteiger partial charge is 0.135 e. The first-order valence-electron chi connectivity index (χ1n) is 3.32. The number of rotatable bonds is 0. The second-order valence-electron chi connectivity index (χ2n) is 2.48. The summed E-state index contributed by atoms with van der Waals surface area (Å²) in [6, 6.07) is 1.85. The zero-order valence-electron chi connectivity index (χ0n) is 5.69. The average molecular weight is 189 g/mol. The minimum atomic E-state index is 0.470. The van der Waals surface area contributed by atoms with Gasteiger partial charge in [-0.2, -0.15) is 0 Å². The molecule has 11 heavy (non-hydrogen) atoms. The van der Waals surface area contributed by atoms with E-state index in [2.05, 4.69) is 10.3 Å². The van der Waals surface area contributed by atoms with Gasteiger partial charge >= 0.3 is 0 Å². The monoisotopic (exact) mass is 188 g/mol. The van der Waals surface area contributed by atoms with Crippen molar-refractivity contribution in [2.24, 2.45) is 0 Å². The number of aromatic nitrogens is 1. The molecule has 1 aromatic rings. The van der Waals surface area contributed by atoms with E-state index in [1.54, 1.807) is 0 Å². The SMILES string of the molecule is Clc1cc2c(c(Cl)n1)CNC2. The van der Waals surface area contributed by atoms with E-state index < -0.39 is 0 Å². The predicted octanol–water partition coefficient (Wildman–Crippen LogP) is 1.99. The van der Waals surface area contributed by atoms with Crippen molar-refractivity contribution in [3.63, 3.8) is 0 Å². The summed E-state index contributed by atoms with van der Waals surface area (Å²) in [5, 5.41) is 4.17. The molecule has 0 saturated carbocycles. The maximum absolute atomic E-state index is 5.84. The highest BCUT2D eigenvalue weighted by Crippen LogP contribution is 2.24. The van der Waals surface area contributed by atoms with Crippen LogP contribution in [0.2, 0.25) is 10.3 Å². The van der Waals surface area contributed by atoms with Crippen molar-refractivity contribution in [1.82, 2.24) is 10.3 Å². The van der Waals surface area contributed by atoms with E-state index in [4.69, 9.17) is 23.2 Å². The fourth-order valence-corrected chi connectivity index (χ4v) is 1.76. The molecule has 0 spiro atoms. The number of hydrogen-bond acceptors (Lipinski definition) is 2.